The molecule has 3 rings (SSSR count). The molecule has 3 nitrogen and oxygen atoms in total. The van der Waals surface area contributed by atoms with Crippen LogP contribution >= 0.6 is 0 Å². The first-order valence-corrected chi connectivity index (χ1v) is 7.69. The van der Waals surface area contributed by atoms with Crippen molar-refractivity contribution in [2.75, 3.05) is 7.05 Å². The van der Waals surface area contributed by atoms with Gasteiger partial charge in [-0.15, -0.1) is 0 Å². The van der Waals surface area contributed by atoms with Gasteiger partial charge in [-0.3, -0.25) is 4.79 Å². The van der Waals surface area contributed by atoms with E-state index in [-0.39, 0.29) is 24.5 Å². The van der Waals surface area contributed by atoms with Crippen molar-refractivity contribution in [3.63, 3.8) is 0 Å². The predicted molar refractivity (Wildman–Crippen MR) is 77.7 cm³/mol. The summed E-state index contributed by atoms with van der Waals surface area (Å²) >= 11 is 0. The second-order valence-corrected chi connectivity index (χ2v) is 6.42. The standard InChI is InChI=1S/C17H23NO2.ClH/c1-12(19)20-17-10-15-8-14(9-16(11-17)18(15)2)13-6-4-3-5-7-13;/h3-7,14-17H,8-11H2,1-2H3;1H. The van der Waals surface area contributed by atoms with Gasteiger partial charge in [-0.25, -0.2) is 0 Å². The number of fused-ring (bicyclic) bond motifs is 2. The Balaban J connectivity index is 0.00000161. The first-order valence-electron chi connectivity index (χ1n) is 7.69. The summed E-state index contributed by atoms with van der Waals surface area (Å²) < 4.78 is 5.46. The molecule has 1 N–H and O–H groups in total. The highest BCUT2D eigenvalue weighted by molar-refractivity contribution is 5.66. The quantitative estimate of drug-likeness (QED) is 0.678. The number of rotatable bonds is 2. The number of halogens is 1. The van der Waals surface area contributed by atoms with Crippen molar-refractivity contribution in [2.24, 2.45) is 0 Å². The van der Waals surface area contributed by atoms with E-state index in [0.29, 0.717) is 18.0 Å². The molecule has 2 saturated heterocycles. The summed E-state index contributed by atoms with van der Waals surface area (Å²) in [6.07, 6.45) is 4.60. The Labute approximate surface area is 133 Å². The van der Waals surface area contributed by atoms with Gasteiger partial charge in [0.1, 0.15) is 6.10 Å². The van der Waals surface area contributed by atoms with E-state index in [1.807, 2.05) is 0 Å². The van der Waals surface area contributed by atoms with Gasteiger partial charge in [-0.2, -0.15) is 0 Å². The second-order valence-electron chi connectivity index (χ2n) is 6.42. The Morgan fingerprint density at radius 3 is 2.19 bits per heavy atom. The molecule has 2 aliphatic rings. The maximum Gasteiger partial charge on any atom is 0.302 e. The molecule has 4 heteroatoms. The Morgan fingerprint density at radius 1 is 1.10 bits per heavy atom. The fourth-order valence-electron chi connectivity index (χ4n) is 4.11. The van der Waals surface area contributed by atoms with Crippen LogP contribution in [0.25, 0.3) is 0 Å². The molecule has 2 atom stereocenters. The Hall–Kier alpha value is -1.06. The minimum Gasteiger partial charge on any atom is -1.00 e. The van der Waals surface area contributed by atoms with Gasteiger partial charge in [0.25, 0.3) is 0 Å². The number of ether oxygens (including phenoxy) is 1. The lowest BCUT2D eigenvalue weighted by Gasteiger charge is -2.46. The lowest BCUT2D eigenvalue weighted by molar-refractivity contribution is -0.944. The molecular formula is C17H24ClNO2. The molecule has 21 heavy (non-hydrogen) atoms. The molecule has 2 heterocycles. The molecule has 0 aliphatic carbocycles. The van der Waals surface area contributed by atoms with Gasteiger partial charge in [-0.1, -0.05) is 30.3 Å². The number of nitrogens with one attached hydrogen (secondary N) is 1. The SMILES string of the molecule is CC(=O)OC1CC2CC(c3ccccc3)CC(C1)[NH+]2C.[Cl-]. The fourth-order valence-corrected chi connectivity index (χ4v) is 4.11. The molecular weight excluding hydrogens is 286 g/mol. The Kier molecular flexibility index (Phi) is 5.28. The van der Waals surface area contributed by atoms with Crippen molar-refractivity contribution >= 4 is 5.97 Å². The zero-order chi connectivity index (χ0) is 14.1. The van der Waals surface area contributed by atoms with Crippen molar-refractivity contribution in [2.45, 2.75) is 56.7 Å². The van der Waals surface area contributed by atoms with E-state index in [2.05, 4.69) is 37.4 Å². The minimum atomic E-state index is -0.132. The predicted octanol–water partition coefficient (Wildman–Crippen LogP) is -1.45. The number of hydrogen-bond acceptors (Lipinski definition) is 2. The number of piperidine rings is 2. The lowest BCUT2D eigenvalue weighted by atomic mass is 9.75. The van der Waals surface area contributed by atoms with E-state index < -0.39 is 0 Å². The minimum absolute atomic E-state index is 0. The summed E-state index contributed by atoms with van der Waals surface area (Å²) in [4.78, 5) is 12.8. The molecule has 0 aromatic heterocycles. The van der Waals surface area contributed by atoms with Crippen LogP contribution in [-0.4, -0.2) is 31.2 Å². The summed E-state index contributed by atoms with van der Waals surface area (Å²) in [6.45, 7) is 1.52. The van der Waals surface area contributed by atoms with Crippen molar-refractivity contribution in [1.29, 1.82) is 0 Å². The molecule has 116 valence electrons. The smallest absolute Gasteiger partial charge is 0.302 e. The highest BCUT2D eigenvalue weighted by atomic mass is 35.5. The van der Waals surface area contributed by atoms with Gasteiger partial charge in [0.2, 0.25) is 0 Å². The van der Waals surface area contributed by atoms with Gasteiger partial charge < -0.3 is 22.0 Å². The molecule has 2 bridgehead atoms. The summed E-state index contributed by atoms with van der Waals surface area (Å²) in [6, 6.07) is 12.1. The molecule has 2 aliphatic heterocycles. The largest absolute Gasteiger partial charge is 1.00 e. The van der Waals surface area contributed by atoms with Gasteiger partial charge in [-0.05, 0) is 11.5 Å². The van der Waals surface area contributed by atoms with E-state index in [9.17, 15) is 4.79 Å². The van der Waals surface area contributed by atoms with Crippen LogP contribution in [0.4, 0.5) is 0 Å². The lowest BCUT2D eigenvalue weighted by Crippen LogP contribution is -3.19. The molecule has 0 amide bonds. The van der Waals surface area contributed by atoms with Gasteiger partial charge in [0.05, 0.1) is 19.1 Å². The zero-order valence-electron chi connectivity index (χ0n) is 12.7. The summed E-state index contributed by atoms with van der Waals surface area (Å²) in [7, 11) is 2.31. The average molecular weight is 310 g/mol. The number of carbonyl (C=O) groups is 1. The maximum absolute atomic E-state index is 11.2. The summed E-state index contributed by atoms with van der Waals surface area (Å²) in [5.41, 5.74) is 1.47. The Morgan fingerprint density at radius 2 is 1.67 bits per heavy atom. The first kappa shape index (κ1) is 16.3. The topological polar surface area (TPSA) is 30.7 Å². The van der Waals surface area contributed by atoms with Crippen LogP contribution in [0.5, 0.6) is 0 Å². The third kappa shape index (κ3) is 3.58. The fraction of sp³-hybridized carbons (Fsp3) is 0.588. The molecule has 1 aromatic rings. The van der Waals surface area contributed by atoms with Crippen molar-refractivity contribution in [1.82, 2.24) is 0 Å². The van der Waals surface area contributed by atoms with Crippen LogP contribution in [0, 0.1) is 0 Å². The second kappa shape index (κ2) is 6.80. The van der Waals surface area contributed by atoms with Gasteiger partial charge >= 0.3 is 5.97 Å². The molecule has 2 fully saturated rings. The molecule has 2 unspecified atom stereocenters. The van der Waals surface area contributed by atoms with Crippen LogP contribution in [-0.2, 0) is 9.53 Å². The van der Waals surface area contributed by atoms with Crippen LogP contribution in [0.3, 0.4) is 0 Å². The highest BCUT2D eigenvalue weighted by Gasteiger charge is 2.44. The monoisotopic (exact) mass is 309 g/mol. The van der Waals surface area contributed by atoms with Crippen LogP contribution < -0.4 is 17.3 Å². The number of quaternary nitrogens is 1. The first-order chi connectivity index (χ1) is 9.63. The molecule has 1 aromatic carbocycles. The van der Waals surface area contributed by atoms with E-state index in [1.165, 1.54) is 25.3 Å². The molecule has 0 radical (unpaired) electrons. The Bertz CT molecular complexity index is 463. The van der Waals surface area contributed by atoms with Crippen LogP contribution in [0.15, 0.2) is 30.3 Å². The molecule has 0 saturated carbocycles. The van der Waals surface area contributed by atoms with Crippen molar-refractivity contribution < 1.29 is 26.8 Å². The van der Waals surface area contributed by atoms with Crippen molar-refractivity contribution in [3.8, 4) is 0 Å². The van der Waals surface area contributed by atoms with Gasteiger partial charge in [0, 0.05) is 32.6 Å². The van der Waals surface area contributed by atoms with E-state index in [4.69, 9.17) is 4.74 Å². The number of hydrogen-bond donors (Lipinski definition) is 1. The normalized spacial score (nSPS) is 34.7. The number of benzene rings is 1. The molecule has 0 spiro atoms. The summed E-state index contributed by atoms with van der Waals surface area (Å²) in [5.74, 6) is 0.542. The average Bonchev–Trinajstić information content (AvgIpc) is 2.40. The van der Waals surface area contributed by atoms with E-state index in [0.717, 1.165) is 12.8 Å². The van der Waals surface area contributed by atoms with Gasteiger partial charge in [0.15, 0.2) is 0 Å². The van der Waals surface area contributed by atoms with Crippen molar-refractivity contribution in [3.05, 3.63) is 35.9 Å². The van der Waals surface area contributed by atoms with Crippen LogP contribution in [0.2, 0.25) is 0 Å². The van der Waals surface area contributed by atoms with E-state index >= 15 is 0 Å². The number of carbonyl (C=O) groups excluding carboxylic acids is 1. The third-order valence-electron chi connectivity index (χ3n) is 5.12. The zero-order valence-corrected chi connectivity index (χ0v) is 13.5. The maximum atomic E-state index is 11.2. The highest BCUT2D eigenvalue weighted by Crippen LogP contribution is 2.34. The third-order valence-corrected chi connectivity index (χ3v) is 5.12. The number of esters is 1. The van der Waals surface area contributed by atoms with E-state index in [1.54, 1.807) is 4.90 Å². The summed E-state index contributed by atoms with van der Waals surface area (Å²) in [5, 5.41) is 0. The van der Waals surface area contributed by atoms with Crippen LogP contribution in [0.1, 0.15) is 44.1 Å².